The second kappa shape index (κ2) is 7.94. The zero-order valence-electron chi connectivity index (χ0n) is 15.0. The molecule has 4 rings (SSSR count). The highest BCUT2D eigenvalue weighted by Crippen LogP contribution is 2.31. The van der Waals surface area contributed by atoms with Crippen LogP contribution in [-0.4, -0.2) is 44.8 Å². The Hall–Kier alpha value is -2.36. The predicted octanol–water partition coefficient (Wildman–Crippen LogP) is 2.64. The van der Waals surface area contributed by atoms with Gasteiger partial charge in [-0.3, -0.25) is 4.99 Å². The Morgan fingerprint density at radius 3 is 2.75 bits per heavy atom. The number of nitrogens with zero attached hydrogens (tertiary/aromatic N) is 2. The van der Waals surface area contributed by atoms with Crippen LogP contribution < -0.4 is 10.2 Å². The van der Waals surface area contributed by atoms with Crippen LogP contribution >= 0.6 is 23.1 Å². The fourth-order valence-corrected chi connectivity index (χ4v) is 4.85. The van der Waals surface area contributed by atoms with E-state index in [1.54, 1.807) is 6.82 Å². The van der Waals surface area contributed by atoms with Crippen molar-refractivity contribution >= 4 is 56.7 Å². The molecule has 1 aliphatic heterocycles. The lowest BCUT2D eigenvalue weighted by atomic mass is 9.64. The number of aliphatic imine (C=N–C) groups is 1. The maximum Gasteiger partial charge on any atom is 0.329 e. The van der Waals surface area contributed by atoms with Crippen LogP contribution in [-0.2, 0) is 11.4 Å². The van der Waals surface area contributed by atoms with Crippen molar-refractivity contribution in [2.24, 2.45) is 4.99 Å². The molecule has 0 bridgehead atoms. The number of aliphatic carboxylic acids is 1. The van der Waals surface area contributed by atoms with Crippen molar-refractivity contribution in [2.45, 2.75) is 19.5 Å². The van der Waals surface area contributed by atoms with Gasteiger partial charge in [-0.2, -0.15) is 0 Å². The zero-order valence-corrected chi connectivity index (χ0v) is 16.7. The number of aromatic nitrogens is 1. The lowest BCUT2D eigenvalue weighted by molar-refractivity contribution is -0.137. The number of benzene rings is 2. The molecule has 9 heteroatoms. The maximum absolute atomic E-state index is 11.1. The molecule has 28 heavy (non-hydrogen) atoms. The van der Waals surface area contributed by atoms with Gasteiger partial charge in [0.05, 0.1) is 10.2 Å². The monoisotopic (exact) mass is 412 g/mol. The molecular formula is C19H17BN2O4S2. The number of carboxylic acid groups (broad SMARTS) is 1. The Labute approximate surface area is 170 Å². The first-order valence-electron chi connectivity index (χ1n) is 8.73. The third-order valence-corrected chi connectivity index (χ3v) is 6.56. The molecule has 1 atom stereocenters. The van der Waals surface area contributed by atoms with E-state index < -0.39 is 18.9 Å². The molecule has 0 saturated heterocycles. The van der Waals surface area contributed by atoms with Gasteiger partial charge >= 0.3 is 12.9 Å². The number of hydrogen-bond donors (Lipinski definition) is 2. The molecule has 3 aromatic rings. The van der Waals surface area contributed by atoms with Crippen molar-refractivity contribution in [1.29, 1.82) is 0 Å². The van der Waals surface area contributed by atoms with Crippen LogP contribution in [0.2, 0.25) is 6.82 Å². The molecule has 0 unspecified atom stereocenters. The SMILES string of the molecule is CB(O)c1ccc(COc2ccc3nc(C4=N[C@@H](C(=O)O)CS4)sc3c2)cc1. The molecule has 2 aromatic carbocycles. The van der Waals surface area contributed by atoms with E-state index in [-0.39, 0.29) is 0 Å². The number of thioether (sulfide) groups is 1. The third kappa shape index (κ3) is 4.06. The first-order valence-corrected chi connectivity index (χ1v) is 10.5. The lowest BCUT2D eigenvalue weighted by Crippen LogP contribution is -2.25. The molecule has 6 nitrogen and oxygen atoms in total. The summed E-state index contributed by atoms with van der Waals surface area (Å²) in [7, 11) is 0. The van der Waals surface area contributed by atoms with Crippen LogP contribution in [0.4, 0.5) is 0 Å². The smallest absolute Gasteiger partial charge is 0.329 e. The molecular weight excluding hydrogens is 395 g/mol. The standard InChI is InChI=1S/C19H17BN2O4S2/c1-20(25)12-4-2-11(3-5-12)9-26-13-6-7-14-16(8-13)28-18(21-14)17-22-15(10-27-17)19(23)24/h2-8,15,25H,9-10H2,1H3,(H,23,24)/t15-/m1/s1. The highest BCUT2D eigenvalue weighted by atomic mass is 32.2. The largest absolute Gasteiger partial charge is 0.489 e. The van der Waals surface area contributed by atoms with Crippen molar-refractivity contribution in [3.05, 3.63) is 53.0 Å². The van der Waals surface area contributed by atoms with Gasteiger partial charge in [0.25, 0.3) is 0 Å². The quantitative estimate of drug-likeness (QED) is 0.605. The van der Waals surface area contributed by atoms with Crippen LogP contribution in [0.5, 0.6) is 5.75 Å². The van der Waals surface area contributed by atoms with Gasteiger partial charge in [-0.15, -0.1) is 23.1 Å². The summed E-state index contributed by atoms with van der Waals surface area (Å²) in [5.41, 5.74) is 2.74. The van der Waals surface area contributed by atoms with E-state index in [1.807, 2.05) is 42.5 Å². The molecule has 0 amide bonds. The minimum absolute atomic E-state index is 0.431. The molecule has 2 heterocycles. The van der Waals surface area contributed by atoms with E-state index in [9.17, 15) is 9.82 Å². The minimum atomic E-state index is -0.902. The van der Waals surface area contributed by atoms with Gasteiger partial charge in [0, 0.05) is 5.75 Å². The topological polar surface area (TPSA) is 92.0 Å². The van der Waals surface area contributed by atoms with Crippen molar-refractivity contribution in [3.8, 4) is 5.75 Å². The summed E-state index contributed by atoms with van der Waals surface area (Å²) in [6.07, 6.45) is 0. The number of hydrogen-bond acceptors (Lipinski definition) is 7. The molecule has 1 aliphatic rings. The van der Waals surface area contributed by atoms with Crippen molar-refractivity contribution in [2.75, 3.05) is 5.75 Å². The predicted molar refractivity (Wildman–Crippen MR) is 114 cm³/mol. The molecule has 0 spiro atoms. The van der Waals surface area contributed by atoms with Gasteiger partial charge < -0.3 is 14.9 Å². The third-order valence-electron chi connectivity index (χ3n) is 4.35. The number of ether oxygens (including phenoxy) is 1. The van der Waals surface area contributed by atoms with Crippen LogP contribution in [0.25, 0.3) is 10.2 Å². The van der Waals surface area contributed by atoms with Crippen LogP contribution in [0.1, 0.15) is 10.6 Å². The van der Waals surface area contributed by atoms with E-state index in [0.29, 0.717) is 17.4 Å². The first kappa shape index (κ1) is 19.0. The number of fused-ring (bicyclic) bond motifs is 1. The molecule has 0 radical (unpaired) electrons. The Balaban J connectivity index is 1.47. The highest BCUT2D eigenvalue weighted by molar-refractivity contribution is 8.15. The fraction of sp³-hybridized carbons (Fsp3) is 0.211. The Bertz CT molecular complexity index is 1050. The van der Waals surface area contributed by atoms with E-state index in [1.165, 1.54) is 23.1 Å². The lowest BCUT2D eigenvalue weighted by Gasteiger charge is -2.07. The van der Waals surface area contributed by atoms with Crippen LogP contribution in [0.3, 0.4) is 0 Å². The Kier molecular flexibility index (Phi) is 5.39. The number of carboxylic acids is 1. The Morgan fingerprint density at radius 1 is 1.29 bits per heavy atom. The van der Waals surface area contributed by atoms with E-state index >= 15 is 0 Å². The summed E-state index contributed by atoms with van der Waals surface area (Å²) in [6.45, 7) is 1.69. The average Bonchev–Trinajstić information content (AvgIpc) is 3.33. The summed E-state index contributed by atoms with van der Waals surface area (Å²) in [5, 5.41) is 20.1. The van der Waals surface area contributed by atoms with E-state index in [0.717, 1.165) is 32.0 Å². The van der Waals surface area contributed by atoms with Crippen molar-refractivity contribution in [1.82, 2.24) is 4.98 Å². The highest BCUT2D eigenvalue weighted by Gasteiger charge is 2.26. The second-order valence-electron chi connectivity index (χ2n) is 6.45. The Morgan fingerprint density at radius 2 is 2.07 bits per heavy atom. The summed E-state index contributed by atoms with van der Waals surface area (Å²) in [4.78, 5) is 19.9. The molecule has 0 fully saturated rings. The molecule has 142 valence electrons. The minimum Gasteiger partial charge on any atom is -0.489 e. The van der Waals surface area contributed by atoms with E-state index in [2.05, 4.69) is 9.98 Å². The summed E-state index contributed by atoms with van der Waals surface area (Å²) in [5.74, 6) is 0.288. The molecule has 2 N–H and O–H groups in total. The van der Waals surface area contributed by atoms with Crippen molar-refractivity contribution < 1.29 is 19.7 Å². The maximum atomic E-state index is 11.1. The molecule has 1 aromatic heterocycles. The summed E-state index contributed by atoms with van der Waals surface area (Å²) < 4.78 is 6.86. The van der Waals surface area contributed by atoms with Crippen molar-refractivity contribution in [3.63, 3.8) is 0 Å². The second-order valence-corrected chi connectivity index (χ2v) is 8.49. The van der Waals surface area contributed by atoms with Crippen LogP contribution in [0.15, 0.2) is 47.5 Å². The number of carbonyl (C=O) groups is 1. The van der Waals surface area contributed by atoms with E-state index in [4.69, 9.17) is 9.84 Å². The summed E-state index contributed by atoms with van der Waals surface area (Å²) >= 11 is 2.92. The van der Waals surface area contributed by atoms with Gasteiger partial charge in [0.1, 0.15) is 22.4 Å². The normalized spacial score (nSPS) is 16.2. The number of rotatable bonds is 6. The summed E-state index contributed by atoms with van der Waals surface area (Å²) in [6, 6.07) is 12.7. The first-order chi connectivity index (χ1) is 13.5. The van der Waals surface area contributed by atoms with Gasteiger partial charge in [-0.05, 0) is 29.2 Å². The molecule has 0 saturated carbocycles. The van der Waals surface area contributed by atoms with Gasteiger partial charge in [-0.25, -0.2) is 9.78 Å². The van der Waals surface area contributed by atoms with Gasteiger partial charge in [0.15, 0.2) is 6.04 Å². The zero-order chi connectivity index (χ0) is 19.7. The molecule has 0 aliphatic carbocycles. The van der Waals surface area contributed by atoms with Gasteiger partial charge in [0.2, 0.25) is 0 Å². The van der Waals surface area contributed by atoms with Crippen LogP contribution in [0, 0.1) is 0 Å². The van der Waals surface area contributed by atoms with Gasteiger partial charge in [-0.1, -0.05) is 31.1 Å². The fourth-order valence-electron chi connectivity index (χ4n) is 2.76. The number of thiazole rings is 1. The average molecular weight is 412 g/mol.